The topological polar surface area (TPSA) is 23.5 Å². The third-order valence-corrected chi connectivity index (χ3v) is 4.15. The largest absolute Gasteiger partial charge is 0.508 e. The molecule has 0 saturated carbocycles. The number of benzene rings is 2. The first-order valence-electron chi connectivity index (χ1n) is 7.40. The molecule has 104 valence electrons. The minimum Gasteiger partial charge on any atom is -0.508 e. The van der Waals surface area contributed by atoms with E-state index in [1.807, 2.05) is 12.1 Å². The van der Waals surface area contributed by atoms with Crippen LogP contribution < -0.4 is 0 Å². The number of nitrogens with zero attached hydrogens (tertiary/aromatic N) is 1. The van der Waals surface area contributed by atoms with Crippen LogP contribution in [0, 0.1) is 0 Å². The molecular formula is C18H21NO. The average Bonchev–Trinajstić information content (AvgIpc) is 2.95. The average molecular weight is 267 g/mol. The van der Waals surface area contributed by atoms with E-state index < -0.39 is 0 Å². The summed E-state index contributed by atoms with van der Waals surface area (Å²) in [7, 11) is 0. The number of likely N-dealkylation sites (tertiary alicyclic amines) is 1. The summed E-state index contributed by atoms with van der Waals surface area (Å²) in [6.45, 7) is 2.25. The minimum atomic E-state index is 0.373. The Morgan fingerprint density at radius 2 is 1.90 bits per heavy atom. The van der Waals surface area contributed by atoms with E-state index in [0.29, 0.717) is 11.8 Å². The van der Waals surface area contributed by atoms with Gasteiger partial charge in [0.1, 0.15) is 5.75 Å². The smallest absolute Gasteiger partial charge is 0.115 e. The number of aromatic hydroxyl groups is 1. The van der Waals surface area contributed by atoms with Crippen LogP contribution in [0.4, 0.5) is 0 Å². The first-order chi connectivity index (χ1) is 9.83. The van der Waals surface area contributed by atoms with E-state index in [9.17, 15) is 5.11 Å². The van der Waals surface area contributed by atoms with Gasteiger partial charge in [-0.3, -0.25) is 4.90 Å². The van der Waals surface area contributed by atoms with Gasteiger partial charge in [-0.25, -0.2) is 0 Å². The van der Waals surface area contributed by atoms with Gasteiger partial charge in [0, 0.05) is 12.6 Å². The van der Waals surface area contributed by atoms with Crippen LogP contribution in [-0.4, -0.2) is 23.1 Å². The summed E-state index contributed by atoms with van der Waals surface area (Å²) in [5.74, 6) is 0.373. The third kappa shape index (κ3) is 3.02. The van der Waals surface area contributed by atoms with E-state index in [1.54, 1.807) is 6.07 Å². The molecule has 0 spiro atoms. The van der Waals surface area contributed by atoms with Gasteiger partial charge >= 0.3 is 0 Å². The van der Waals surface area contributed by atoms with Crippen LogP contribution in [0.3, 0.4) is 0 Å². The molecule has 1 aliphatic rings. The van der Waals surface area contributed by atoms with E-state index >= 15 is 0 Å². The summed E-state index contributed by atoms with van der Waals surface area (Å²) in [5.41, 5.74) is 2.64. The van der Waals surface area contributed by atoms with Crippen LogP contribution in [0.15, 0.2) is 54.6 Å². The molecule has 1 saturated heterocycles. The van der Waals surface area contributed by atoms with E-state index in [-0.39, 0.29) is 0 Å². The lowest BCUT2D eigenvalue weighted by atomic mass is 10.0. The lowest BCUT2D eigenvalue weighted by molar-refractivity contribution is 0.260. The molecule has 1 atom stereocenters. The number of rotatable bonds is 4. The van der Waals surface area contributed by atoms with Gasteiger partial charge in [-0.15, -0.1) is 0 Å². The molecule has 1 unspecified atom stereocenters. The van der Waals surface area contributed by atoms with Gasteiger partial charge in [-0.1, -0.05) is 42.5 Å². The van der Waals surface area contributed by atoms with Gasteiger partial charge in [-0.2, -0.15) is 0 Å². The number of phenolic OH excluding ortho intramolecular Hbond substituents is 1. The molecule has 0 radical (unpaired) electrons. The maximum atomic E-state index is 9.65. The fourth-order valence-electron chi connectivity index (χ4n) is 3.12. The van der Waals surface area contributed by atoms with Crippen molar-refractivity contribution in [3.63, 3.8) is 0 Å². The standard InChI is InChI=1S/C18H21NO/c20-17-9-4-8-16(14-17)18-10-5-12-19(18)13-11-15-6-2-1-3-7-15/h1-4,6-9,14,18,20H,5,10-13H2. The molecule has 1 heterocycles. The molecule has 2 aromatic rings. The maximum Gasteiger partial charge on any atom is 0.115 e. The van der Waals surface area contributed by atoms with Crippen molar-refractivity contribution in [3.05, 3.63) is 65.7 Å². The first-order valence-corrected chi connectivity index (χ1v) is 7.40. The van der Waals surface area contributed by atoms with Crippen molar-refractivity contribution in [1.29, 1.82) is 0 Å². The number of phenols is 1. The first kappa shape index (κ1) is 13.2. The van der Waals surface area contributed by atoms with Gasteiger partial charge in [0.2, 0.25) is 0 Å². The second-order valence-electron chi connectivity index (χ2n) is 5.52. The maximum absolute atomic E-state index is 9.65. The summed E-state index contributed by atoms with van der Waals surface area (Å²) < 4.78 is 0. The fraction of sp³-hybridized carbons (Fsp3) is 0.333. The molecule has 3 rings (SSSR count). The predicted molar refractivity (Wildman–Crippen MR) is 81.8 cm³/mol. The van der Waals surface area contributed by atoms with Crippen molar-refractivity contribution in [3.8, 4) is 5.75 Å². The van der Waals surface area contributed by atoms with Crippen LogP contribution >= 0.6 is 0 Å². The Kier molecular flexibility index (Phi) is 4.03. The molecular weight excluding hydrogens is 246 g/mol. The zero-order valence-electron chi connectivity index (χ0n) is 11.7. The fourth-order valence-corrected chi connectivity index (χ4v) is 3.12. The van der Waals surface area contributed by atoms with Gasteiger partial charge in [-0.05, 0) is 49.1 Å². The molecule has 2 nitrogen and oxygen atoms in total. The van der Waals surface area contributed by atoms with Crippen LogP contribution in [0.2, 0.25) is 0 Å². The van der Waals surface area contributed by atoms with Gasteiger partial charge in [0.25, 0.3) is 0 Å². The molecule has 2 aromatic carbocycles. The van der Waals surface area contributed by atoms with E-state index in [2.05, 4.69) is 41.3 Å². The number of hydrogen-bond donors (Lipinski definition) is 1. The van der Waals surface area contributed by atoms with E-state index in [1.165, 1.54) is 24.0 Å². The van der Waals surface area contributed by atoms with Crippen molar-refractivity contribution in [2.24, 2.45) is 0 Å². The molecule has 20 heavy (non-hydrogen) atoms. The number of hydrogen-bond acceptors (Lipinski definition) is 2. The molecule has 1 fully saturated rings. The van der Waals surface area contributed by atoms with Crippen LogP contribution in [-0.2, 0) is 6.42 Å². The molecule has 0 bridgehead atoms. The van der Waals surface area contributed by atoms with E-state index in [4.69, 9.17) is 0 Å². The van der Waals surface area contributed by atoms with Crippen LogP contribution in [0.1, 0.15) is 30.0 Å². The highest BCUT2D eigenvalue weighted by atomic mass is 16.3. The van der Waals surface area contributed by atoms with Crippen molar-refractivity contribution < 1.29 is 5.11 Å². The molecule has 0 aliphatic carbocycles. The van der Waals surface area contributed by atoms with Crippen molar-refractivity contribution in [2.45, 2.75) is 25.3 Å². The van der Waals surface area contributed by atoms with Crippen molar-refractivity contribution in [2.75, 3.05) is 13.1 Å². The predicted octanol–water partition coefficient (Wildman–Crippen LogP) is 3.77. The Labute approximate surface area is 120 Å². The van der Waals surface area contributed by atoms with Gasteiger partial charge < -0.3 is 5.11 Å². The summed E-state index contributed by atoms with van der Waals surface area (Å²) in [6, 6.07) is 18.8. The van der Waals surface area contributed by atoms with Crippen LogP contribution in [0.25, 0.3) is 0 Å². The zero-order valence-corrected chi connectivity index (χ0v) is 11.7. The molecule has 0 amide bonds. The Morgan fingerprint density at radius 1 is 1.05 bits per heavy atom. The quantitative estimate of drug-likeness (QED) is 0.911. The zero-order chi connectivity index (χ0) is 13.8. The lowest BCUT2D eigenvalue weighted by Crippen LogP contribution is -2.25. The highest BCUT2D eigenvalue weighted by molar-refractivity contribution is 5.30. The van der Waals surface area contributed by atoms with Gasteiger partial charge in [0.05, 0.1) is 0 Å². The Morgan fingerprint density at radius 3 is 2.70 bits per heavy atom. The van der Waals surface area contributed by atoms with E-state index in [0.717, 1.165) is 19.5 Å². The molecule has 0 aromatic heterocycles. The lowest BCUT2D eigenvalue weighted by Gasteiger charge is -2.25. The Hall–Kier alpha value is -1.80. The normalized spacial score (nSPS) is 19.3. The third-order valence-electron chi connectivity index (χ3n) is 4.15. The molecule has 1 aliphatic heterocycles. The highest BCUT2D eigenvalue weighted by Gasteiger charge is 2.25. The van der Waals surface area contributed by atoms with Crippen molar-refractivity contribution >= 4 is 0 Å². The second-order valence-corrected chi connectivity index (χ2v) is 5.52. The SMILES string of the molecule is Oc1cccc(C2CCCN2CCc2ccccc2)c1. The summed E-state index contributed by atoms with van der Waals surface area (Å²) >= 11 is 0. The second kappa shape index (κ2) is 6.10. The minimum absolute atomic E-state index is 0.373. The van der Waals surface area contributed by atoms with Gasteiger partial charge in [0.15, 0.2) is 0 Å². The summed E-state index contributed by atoms with van der Waals surface area (Å²) in [4.78, 5) is 2.54. The molecule has 2 heteroatoms. The molecule has 1 N–H and O–H groups in total. The summed E-state index contributed by atoms with van der Waals surface area (Å²) in [6.07, 6.45) is 3.53. The highest BCUT2D eigenvalue weighted by Crippen LogP contribution is 2.33. The monoisotopic (exact) mass is 267 g/mol. The van der Waals surface area contributed by atoms with Crippen molar-refractivity contribution in [1.82, 2.24) is 4.90 Å². The Balaban J connectivity index is 1.67. The summed E-state index contributed by atoms with van der Waals surface area (Å²) in [5, 5.41) is 9.65. The van der Waals surface area contributed by atoms with Crippen LogP contribution in [0.5, 0.6) is 5.75 Å². The Bertz CT molecular complexity index is 552.